The Bertz CT molecular complexity index is 938. The average Bonchev–Trinajstić information content (AvgIpc) is 2.65. The standard InChI is InChI=1S/C20H20N4O/c1-14-20(23-17-10-4-3-9-16(17)22-14)21-13-19(25)24-12-6-8-15-7-2-5-11-18(15)24/h2-5,7,9-11H,6,8,12-13H2,1H3,(H,21,23). The Balaban J connectivity index is 1.52. The molecule has 0 bridgehead atoms. The molecule has 1 amide bonds. The molecule has 25 heavy (non-hydrogen) atoms. The number of hydrogen-bond donors (Lipinski definition) is 1. The molecule has 5 nitrogen and oxygen atoms in total. The highest BCUT2D eigenvalue weighted by Gasteiger charge is 2.22. The van der Waals surface area contributed by atoms with Crippen LogP contribution < -0.4 is 10.2 Å². The number of anilines is 2. The average molecular weight is 332 g/mol. The lowest BCUT2D eigenvalue weighted by Crippen LogP contribution is -2.39. The fourth-order valence-corrected chi connectivity index (χ4v) is 3.30. The molecule has 0 atom stereocenters. The minimum Gasteiger partial charge on any atom is -0.359 e. The first-order valence-electron chi connectivity index (χ1n) is 8.58. The molecule has 2 heterocycles. The number of aryl methyl sites for hydroxylation is 2. The first kappa shape index (κ1) is 15.6. The van der Waals surface area contributed by atoms with Gasteiger partial charge in [0.05, 0.1) is 23.3 Å². The van der Waals surface area contributed by atoms with E-state index in [4.69, 9.17) is 0 Å². The van der Waals surface area contributed by atoms with Gasteiger partial charge in [0.25, 0.3) is 0 Å². The zero-order valence-corrected chi connectivity index (χ0v) is 14.2. The topological polar surface area (TPSA) is 58.1 Å². The molecule has 0 radical (unpaired) electrons. The molecule has 5 heteroatoms. The van der Waals surface area contributed by atoms with Gasteiger partial charge in [-0.25, -0.2) is 9.97 Å². The van der Waals surface area contributed by atoms with Crippen molar-refractivity contribution in [3.8, 4) is 0 Å². The normalized spacial score (nSPS) is 13.6. The third kappa shape index (κ3) is 3.05. The molecule has 0 saturated carbocycles. The second-order valence-corrected chi connectivity index (χ2v) is 6.28. The van der Waals surface area contributed by atoms with Crippen LogP contribution in [0.15, 0.2) is 48.5 Å². The maximum Gasteiger partial charge on any atom is 0.246 e. The minimum absolute atomic E-state index is 0.0570. The van der Waals surface area contributed by atoms with Crippen LogP contribution >= 0.6 is 0 Å². The smallest absolute Gasteiger partial charge is 0.246 e. The number of para-hydroxylation sites is 3. The fourth-order valence-electron chi connectivity index (χ4n) is 3.30. The lowest BCUT2D eigenvalue weighted by Gasteiger charge is -2.29. The molecule has 4 rings (SSSR count). The van der Waals surface area contributed by atoms with Gasteiger partial charge in [0.1, 0.15) is 5.82 Å². The number of carbonyl (C=O) groups excluding carboxylic acids is 1. The summed E-state index contributed by atoms with van der Waals surface area (Å²) in [4.78, 5) is 23.7. The Morgan fingerprint density at radius 3 is 2.64 bits per heavy atom. The number of benzene rings is 2. The first-order chi connectivity index (χ1) is 12.2. The molecule has 2 aromatic carbocycles. The summed E-state index contributed by atoms with van der Waals surface area (Å²) in [6.07, 6.45) is 2.03. The third-order valence-electron chi connectivity index (χ3n) is 4.56. The quantitative estimate of drug-likeness (QED) is 0.799. The first-order valence-corrected chi connectivity index (χ1v) is 8.58. The van der Waals surface area contributed by atoms with Crippen molar-refractivity contribution < 1.29 is 4.79 Å². The van der Waals surface area contributed by atoms with Crippen LogP contribution in [0, 0.1) is 6.92 Å². The van der Waals surface area contributed by atoms with E-state index < -0.39 is 0 Å². The van der Waals surface area contributed by atoms with E-state index in [9.17, 15) is 4.79 Å². The van der Waals surface area contributed by atoms with Crippen LogP contribution in [0.1, 0.15) is 17.7 Å². The van der Waals surface area contributed by atoms with E-state index >= 15 is 0 Å². The molecule has 1 aliphatic rings. The number of hydrogen-bond acceptors (Lipinski definition) is 4. The summed E-state index contributed by atoms with van der Waals surface area (Å²) >= 11 is 0. The second kappa shape index (κ2) is 6.51. The van der Waals surface area contributed by atoms with E-state index in [0.717, 1.165) is 41.8 Å². The van der Waals surface area contributed by atoms with Gasteiger partial charge in [0, 0.05) is 12.2 Å². The van der Waals surface area contributed by atoms with Crippen LogP contribution in [0.5, 0.6) is 0 Å². The number of nitrogens with one attached hydrogen (secondary N) is 1. The van der Waals surface area contributed by atoms with E-state index in [1.54, 1.807) is 0 Å². The maximum absolute atomic E-state index is 12.7. The van der Waals surface area contributed by atoms with Crippen molar-refractivity contribution in [2.45, 2.75) is 19.8 Å². The molecule has 0 spiro atoms. The summed E-state index contributed by atoms with van der Waals surface area (Å²) in [5.74, 6) is 0.721. The van der Waals surface area contributed by atoms with Crippen LogP contribution in [-0.2, 0) is 11.2 Å². The molecule has 0 fully saturated rings. The highest BCUT2D eigenvalue weighted by Crippen LogP contribution is 2.26. The Hall–Kier alpha value is -2.95. The second-order valence-electron chi connectivity index (χ2n) is 6.28. The molecule has 126 valence electrons. The van der Waals surface area contributed by atoms with Crippen molar-refractivity contribution in [2.75, 3.05) is 23.3 Å². The third-order valence-corrected chi connectivity index (χ3v) is 4.56. The predicted octanol–water partition coefficient (Wildman–Crippen LogP) is 3.33. The van der Waals surface area contributed by atoms with Gasteiger partial charge < -0.3 is 10.2 Å². The molecule has 1 aliphatic heterocycles. The van der Waals surface area contributed by atoms with E-state index in [2.05, 4.69) is 21.4 Å². The summed E-state index contributed by atoms with van der Waals surface area (Å²) < 4.78 is 0. The lowest BCUT2D eigenvalue weighted by atomic mass is 10.0. The summed E-state index contributed by atoms with van der Waals surface area (Å²) in [6.45, 7) is 2.88. The number of rotatable bonds is 3. The SMILES string of the molecule is Cc1nc2ccccc2nc1NCC(=O)N1CCCc2ccccc21. The van der Waals surface area contributed by atoms with Crippen LogP contribution in [0.3, 0.4) is 0 Å². The van der Waals surface area contributed by atoms with Crippen molar-refractivity contribution in [2.24, 2.45) is 0 Å². The van der Waals surface area contributed by atoms with Gasteiger partial charge >= 0.3 is 0 Å². The summed E-state index contributed by atoms with van der Waals surface area (Å²) in [5, 5.41) is 3.17. The van der Waals surface area contributed by atoms with Crippen LogP contribution in [-0.4, -0.2) is 29.0 Å². The van der Waals surface area contributed by atoms with Gasteiger partial charge in [-0.05, 0) is 43.5 Å². The Morgan fingerprint density at radius 1 is 1.08 bits per heavy atom. The van der Waals surface area contributed by atoms with Crippen molar-refractivity contribution in [1.82, 2.24) is 9.97 Å². The molecular formula is C20H20N4O. The van der Waals surface area contributed by atoms with E-state index in [1.807, 2.05) is 54.3 Å². The molecular weight excluding hydrogens is 312 g/mol. The van der Waals surface area contributed by atoms with Gasteiger partial charge in [-0.2, -0.15) is 0 Å². The van der Waals surface area contributed by atoms with Crippen molar-refractivity contribution in [3.05, 3.63) is 59.8 Å². The van der Waals surface area contributed by atoms with Crippen LogP contribution in [0.25, 0.3) is 11.0 Å². The monoisotopic (exact) mass is 332 g/mol. The lowest BCUT2D eigenvalue weighted by molar-refractivity contribution is -0.117. The molecule has 1 N–H and O–H groups in total. The zero-order valence-electron chi connectivity index (χ0n) is 14.2. The Morgan fingerprint density at radius 2 is 1.80 bits per heavy atom. The number of amides is 1. The summed E-state index contributed by atoms with van der Waals surface area (Å²) in [7, 11) is 0. The fraction of sp³-hybridized carbons (Fsp3) is 0.250. The molecule has 3 aromatic rings. The van der Waals surface area contributed by atoms with Gasteiger partial charge in [-0.1, -0.05) is 30.3 Å². The van der Waals surface area contributed by atoms with Crippen molar-refractivity contribution in [1.29, 1.82) is 0 Å². The van der Waals surface area contributed by atoms with E-state index in [0.29, 0.717) is 5.82 Å². The highest BCUT2D eigenvalue weighted by atomic mass is 16.2. The van der Waals surface area contributed by atoms with Crippen LogP contribution in [0.4, 0.5) is 11.5 Å². The molecule has 0 aliphatic carbocycles. The number of aromatic nitrogens is 2. The number of carbonyl (C=O) groups is 1. The molecule has 1 aromatic heterocycles. The van der Waals surface area contributed by atoms with Crippen LogP contribution in [0.2, 0.25) is 0 Å². The van der Waals surface area contributed by atoms with E-state index in [1.165, 1.54) is 5.56 Å². The maximum atomic E-state index is 12.7. The molecule has 0 saturated heterocycles. The van der Waals surface area contributed by atoms with Gasteiger partial charge in [-0.3, -0.25) is 4.79 Å². The Kier molecular flexibility index (Phi) is 4.06. The largest absolute Gasteiger partial charge is 0.359 e. The van der Waals surface area contributed by atoms with Crippen molar-refractivity contribution >= 4 is 28.4 Å². The molecule has 0 unspecified atom stereocenters. The summed E-state index contributed by atoms with van der Waals surface area (Å²) in [6, 6.07) is 15.9. The minimum atomic E-state index is 0.0570. The Labute approximate surface area is 146 Å². The van der Waals surface area contributed by atoms with Gasteiger partial charge in [-0.15, -0.1) is 0 Å². The van der Waals surface area contributed by atoms with Gasteiger partial charge in [0.2, 0.25) is 5.91 Å². The summed E-state index contributed by atoms with van der Waals surface area (Å²) in [5.41, 5.74) is 4.75. The number of nitrogens with zero attached hydrogens (tertiary/aromatic N) is 3. The van der Waals surface area contributed by atoms with E-state index in [-0.39, 0.29) is 12.5 Å². The number of fused-ring (bicyclic) bond motifs is 2. The highest BCUT2D eigenvalue weighted by molar-refractivity contribution is 5.97. The van der Waals surface area contributed by atoms with Crippen molar-refractivity contribution in [3.63, 3.8) is 0 Å². The van der Waals surface area contributed by atoms with Gasteiger partial charge in [0.15, 0.2) is 0 Å². The zero-order chi connectivity index (χ0) is 17.2. The predicted molar refractivity (Wildman–Crippen MR) is 99.9 cm³/mol.